The Labute approximate surface area is 424 Å². The van der Waals surface area contributed by atoms with Crippen LogP contribution in [0.25, 0.3) is 0 Å². The minimum Gasteiger partial charge on any atom is -0.466 e. The van der Waals surface area contributed by atoms with E-state index >= 15 is 0 Å². The minimum absolute atomic E-state index is 0.00602. The lowest BCUT2D eigenvalue weighted by Crippen LogP contribution is -2.45. The number of carbonyl (C=O) groups excluding carboxylic acids is 2. The quantitative estimate of drug-likeness (QED) is 0.0321. The van der Waals surface area contributed by atoms with Gasteiger partial charge in [-0.3, -0.25) is 9.59 Å². The van der Waals surface area contributed by atoms with Crippen molar-refractivity contribution >= 4 is 11.9 Å². The van der Waals surface area contributed by atoms with Crippen LogP contribution >= 0.6 is 0 Å². The average Bonchev–Trinajstić information content (AvgIpc) is 3.34. The fourth-order valence-corrected chi connectivity index (χ4v) is 9.51. The van der Waals surface area contributed by atoms with Gasteiger partial charge in [0.25, 0.3) is 0 Å². The molecule has 6 nitrogen and oxygen atoms in total. The molecule has 0 bridgehead atoms. The minimum atomic E-state index is -0.854. The van der Waals surface area contributed by atoms with E-state index in [1.807, 2.05) is 6.08 Å². The highest BCUT2D eigenvalue weighted by atomic mass is 16.5. The predicted octanol–water partition coefficient (Wildman–Crippen LogP) is 19.0. The first-order valence-corrected chi connectivity index (χ1v) is 30.6. The van der Waals surface area contributed by atoms with Gasteiger partial charge in [-0.05, 0) is 57.8 Å². The zero-order valence-corrected chi connectivity index (χ0v) is 45.9. The summed E-state index contributed by atoms with van der Waals surface area (Å²) in [5.74, 6) is -0.0869. The molecule has 0 spiro atoms. The summed E-state index contributed by atoms with van der Waals surface area (Å²) < 4.78 is 5.48. The Hall–Kier alpha value is -1.66. The summed E-state index contributed by atoms with van der Waals surface area (Å²) in [6, 6.07) is -0.639. The molecule has 0 radical (unpaired) electrons. The van der Waals surface area contributed by atoms with Crippen LogP contribution in [0, 0.1) is 0 Å². The van der Waals surface area contributed by atoms with Crippen molar-refractivity contribution in [2.24, 2.45) is 0 Å². The summed E-state index contributed by atoms with van der Waals surface area (Å²) in [5, 5.41) is 23.1. The lowest BCUT2D eigenvalue weighted by molar-refractivity contribution is -0.143. The second-order valence-corrected chi connectivity index (χ2v) is 21.0. The maximum Gasteiger partial charge on any atom is 0.305 e. The largest absolute Gasteiger partial charge is 0.466 e. The molecule has 0 aliphatic heterocycles. The Bertz CT molecular complexity index is 1060. The van der Waals surface area contributed by atoms with Crippen molar-refractivity contribution in [3.05, 3.63) is 24.3 Å². The average molecular weight is 959 g/mol. The molecule has 0 saturated heterocycles. The van der Waals surface area contributed by atoms with Crippen molar-refractivity contribution in [1.29, 1.82) is 0 Å². The summed E-state index contributed by atoms with van der Waals surface area (Å²) >= 11 is 0. The van der Waals surface area contributed by atoms with Gasteiger partial charge in [0.2, 0.25) is 5.91 Å². The number of esters is 1. The molecule has 0 aliphatic carbocycles. The molecule has 3 N–H and O–H groups in total. The van der Waals surface area contributed by atoms with Crippen LogP contribution in [0.5, 0.6) is 0 Å². The molecule has 0 aliphatic rings. The number of aliphatic hydroxyl groups is 2. The molecule has 6 heteroatoms. The van der Waals surface area contributed by atoms with E-state index in [0.717, 1.165) is 70.6 Å². The van der Waals surface area contributed by atoms with Gasteiger partial charge in [-0.25, -0.2) is 0 Å². The van der Waals surface area contributed by atoms with Gasteiger partial charge in [0.15, 0.2) is 0 Å². The van der Waals surface area contributed by atoms with Gasteiger partial charge in [0.05, 0.1) is 25.4 Å². The van der Waals surface area contributed by atoms with Gasteiger partial charge >= 0.3 is 5.97 Å². The van der Waals surface area contributed by atoms with E-state index < -0.39 is 12.1 Å². The van der Waals surface area contributed by atoms with Crippen LogP contribution < -0.4 is 5.32 Å². The summed E-state index contributed by atoms with van der Waals surface area (Å²) in [4.78, 5) is 24.6. The number of aliphatic hydroxyl groups excluding tert-OH is 2. The molecule has 0 rings (SSSR count). The fourth-order valence-electron chi connectivity index (χ4n) is 9.51. The van der Waals surface area contributed by atoms with Crippen molar-refractivity contribution in [2.75, 3.05) is 13.2 Å². The first kappa shape index (κ1) is 66.3. The number of unbranched alkanes of at least 4 members (excludes halogenated alkanes) is 44. The van der Waals surface area contributed by atoms with Crippen molar-refractivity contribution < 1.29 is 24.5 Å². The van der Waals surface area contributed by atoms with Gasteiger partial charge in [0, 0.05) is 12.8 Å². The highest BCUT2D eigenvalue weighted by Gasteiger charge is 2.18. The van der Waals surface area contributed by atoms with Crippen LogP contribution in [0.15, 0.2) is 24.3 Å². The van der Waals surface area contributed by atoms with Crippen LogP contribution in [-0.4, -0.2) is 47.4 Å². The van der Waals surface area contributed by atoms with Crippen LogP contribution in [0.2, 0.25) is 0 Å². The highest BCUT2D eigenvalue weighted by molar-refractivity contribution is 5.76. The van der Waals surface area contributed by atoms with Crippen LogP contribution in [-0.2, 0) is 14.3 Å². The van der Waals surface area contributed by atoms with Crippen LogP contribution in [0.4, 0.5) is 0 Å². The smallest absolute Gasteiger partial charge is 0.305 e. The number of amides is 1. The van der Waals surface area contributed by atoms with Crippen molar-refractivity contribution in [2.45, 2.75) is 347 Å². The number of allylic oxidation sites excluding steroid dienone is 3. The van der Waals surface area contributed by atoms with E-state index in [1.54, 1.807) is 6.08 Å². The Morgan fingerprint density at radius 2 is 0.691 bits per heavy atom. The lowest BCUT2D eigenvalue weighted by atomic mass is 10.0. The molecule has 0 aromatic carbocycles. The van der Waals surface area contributed by atoms with E-state index in [0.29, 0.717) is 19.4 Å². The summed E-state index contributed by atoms with van der Waals surface area (Å²) in [7, 11) is 0. The molecule has 402 valence electrons. The molecular weight excluding hydrogens is 839 g/mol. The van der Waals surface area contributed by atoms with Gasteiger partial charge in [-0.2, -0.15) is 0 Å². The Balaban J connectivity index is 3.47. The Kier molecular flexibility index (Phi) is 56.5. The zero-order valence-electron chi connectivity index (χ0n) is 45.9. The monoisotopic (exact) mass is 958 g/mol. The summed E-state index contributed by atoms with van der Waals surface area (Å²) in [6.07, 6.45) is 70.7. The second kappa shape index (κ2) is 57.9. The van der Waals surface area contributed by atoms with Crippen LogP contribution in [0.1, 0.15) is 335 Å². The summed E-state index contributed by atoms with van der Waals surface area (Å²) in [6.45, 7) is 4.89. The van der Waals surface area contributed by atoms with E-state index in [4.69, 9.17) is 4.74 Å². The van der Waals surface area contributed by atoms with Crippen molar-refractivity contribution in [3.63, 3.8) is 0 Å². The summed E-state index contributed by atoms with van der Waals surface area (Å²) in [5.41, 5.74) is 0. The van der Waals surface area contributed by atoms with E-state index in [1.165, 1.54) is 238 Å². The number of nitrogens with one attached hydrogen (secondary N) is 1. The number of carbonyl (C=O) groups is 2. The molecule has 0 saturated carbocycles. The first-order valence-electron chi connectivity index (χ1n) is 30.6. The molecule has 2 unspecified atom stereocenters. The third kappa shape index (κ3) is 53.7. The predicted molar refractivity (Wildman–Crippen MR) is 296 cm³/mol. The maximum absolute atomic E-state index is 12.5. The SMILES string of the molecule is CCCCCCCCCCCCCCCCC/C=C/C(O)C(CO)NC(=O)CCCCCCCCC/C=C\CCCCCCOC(=O)CCCCCCCCCCCCCCCCCCCCC. The normalized spacial score (nSPS) is 12.7. The molecular formula is C62H119NO5. The molecule has 68 heavy (non-hydrogen) atoms. The van der Waals surface area contributed by atoms with E-state index in [-0.39, 0.29) is 18.5 Å². The number of hydrogen-bond donors (Lipinski definition) is 3. The standard InChI is InChI=1S/C62H119NO5/c1-3-5-7-9-11-13-15-17-19-21-22-24-28-32-36-40-44-48-52-56-62(67)68-57-53-49-45-41-37-33-29-25-27-31-35-39-43-47-51-55-61(66)63-59(58-64)60(65)54-50-46-42-38-34-30-26-23-20-18-16-14-12-10-8-6-4-2/h29,33,50,54,59-60,64-65H,3-28,30-32,34-49,51-53,55-58H2,1-2H3,(H,63,66)/b33-29-,54-50+. The third-order valence-corrected chi connectivity index (χ3v) is 14.2. The molecule has 0 aromatic rings. The highest BCUT2D eigenvalue weighted by Crippen LogP contribution is 2.17. The Morgan fingerprint density at radius 3 is 1.04 bits per heavy atom. The molecule has 0 aromatic heterocycles. The number of hydrogen-bond acceptors (Lipinski definition) is 5. The topological polar surface area (TPSA) is 95.9 Å². The third-order valence-electron chi connectivity index (χ3n) is 14.2. The van der Waals surface area contributed by atoms with Gasteiger partial charge < -0.3 is 20.3 Å². The molecule has 2 atom stereocenters. The fraction of sp³-hybridized carbons (Fsp3) is 0.903. The van der Waals surface area contributed by atoms with Gasteiger partial charge in [0.1, 0.15) is 0 Å². The number of rotatable bonds is 57. The lowest BCUT2D eigenvalue weighted by Gasteiger charge is -2.20. The van der Waals surface area contributed by atoms with Gasteiger partial charge in [-0.15, -0.1) is 0 Å². The Morgan fingerprint density at radius 1 is 0.397 bits per heavy atom. The van der Waals surface area contributed by atoms with E-state index in [9.17, 15) is 19.8 Å². The second-order valence-electron chi connectivity index (χ2n) is 21.0. The molecule has 0 fully saturated rings. The van der Waals surface area contributed by atoms with E-state index in [2.05, 4.69) is 31.3 Å². The zero-order chi connectivity index (χ0) is 49.3. The number of ether oxygens (including phenoxy) is 1. The van der Waals surface area contributed by atoms with Crippen LogP contribution in [0.3, 0.4) is 0 Å². The maximum atomic E-state index is 12.5. The molecule has 1 amide bonds. The molecule has 0 heterocycles. The first-order chi connectivity index (χ1) is 33.5. The van der Waals surface area contributed by atoms with Gasteiger partial charge in [-0.1, -0.05) is 289 Å². The van der Waals surface area contributed by atoms with Crippen molar-refractivity contribution in [1.82, 2.24) is 5.32 Å². The van der Waals surface area contributed by atoms with Crippen molar-refractivity contribution in [3.8, 4) is 0 Å².